The Hall–Kier alpha value is -3.30. The molecule has 0 radical (unpaired) electrons. The molecule has 0 saturated heterocycles. The molecule has 0 bridgehead atoms. The van der Waals surface area contributed by atoms with E-state index in [-0.39, 0.29) is 36.5 Å². The minimum Gasteiger partial charge on any atom is -0.491 e. The van der Waals surface area contributed by atoms with Gasteiger partial charge in [-0.25, -0.2) is 4.79 Å². The number of nitrogens with zero attached hydrogens (tertiary/aromatic N) is 2. The predicted octanol–water partition coefficient (Wildman–Crippen LogP) is 4.73. The molecule has 4 amide bonds. The normalized spacial score (nSPS) is 20.7. The highest BCUT2D eigenvalue weighted by atomic mass is 35.5. The van der Waals surface area contributed by atoms with E-state index >= 15 is 0 Å². The molecule has 0 fully saturated rings. The van der Waals surface area contributed by atoms with Crippen LogP contribution in [0.1, 0.15) is 37.6 Å². The van der Waals surface area contributed by atoms with Gasteiger partial charge in [-0.3, -0.25) is 9.59 Å². The fourth-order valence-electron chi connectivity index (χ4n) is 4.23. The largest absolute Gasteiger partial charge is 0.491 e. The van der Waals surface area contributed by atoms with E-state index in [2.05, 4.69) is 10.6 Å². The van der Waals surface area contributed by atoms with Gasteiger partial charge < -0.3 is 29.9 Å². The van der Waals surface area contributed by atoms with Crippen LogP contribution in [0, 0.1) is 5.92 Å². The summed E-state index contributed by atoms with van der Waals surface area (Å²) < 4.78 is 11.8. The van der Waals surface area contributed by atoms with E-state index in [1.165, 1.54) is 0 Å². The zero-order valence-electron chi connectivity index (χ0n) is 21.9. The van der Waals surface area contributed by atoms with Crippen molar-refractivity contribution in [2.45, 2.75) is 39.3 Å². The van der Waals surface area contributed by atoms with Gasteiger partial charge in [0.25, 0.3) is 5.91 Å². The Bertz CT molecular complexity index is 1110. The lowest BCUT2D eigenvalue weighted by molar-refractivity contribution is -0.135. The van der Waals surface area contributed by atoms with E-state index in [4.69, 9.17) is 21.1 Å². The average Bonchev–Trinajstić information content (AvgIpc) is 2.88. The number of carbonyl (C=O) groups excluding carboxylic acids is 3. The molecule has 1 heterocycles. The quantitative estimate of drug-likeness (QED) is 0.595. The summed E-state index contributed by atoms with van der Waals surface area (Å²) in [5.41, 5.74) is 1.39. The summed E-state index contributed by atoms with van der Waals surface area (Å²) in [4.78, 5) is 42.0. The number of nitrogens with one attached hydrogen (secondary N) is 2. The standard InChI is InChI=1S/C27H35ClN4O5/c1-6-25(33)32-14-17(2)24(36-5)15-31(4)26(34)22-12-11-21(13-23(22)37-16-18(32)3)30-27(35)29-20-9-7-19(28)8-10-20/h7-13,17-18,24H,6,14-16H2,1-5H3,(H2,29,30,35)/t17-,18+,24+/m0/s1. The molecular weight excluding hydrogens is 496 g/mol. The van der Waals surface area contributed by atoms with Crippen molar-refractivity contribution < 1.29 is 23.9 Å². The van der Waals surface area contributed by atoms with Crippen LogP contribution in [-0.4, -0.2) is 73.6 Å². The van der Waals surface area contributed by atoms with Crippen LogP contribution in [0.3, 0.4) is 0 Å². The topological polar surface area (TPSA) is 100 Å². The minimum absolute atomic E-state index is 0.00262. The number of benzene rings is 2. The summed E-state index contributed by atoms with van der Waals surface area (Å²) in [6.45, 7) is 6.78. The zero-order valence-corrected chi connectivity index (χ0v) is 22.7. The number of hydrogen-bond acceptors (Lipinski definition) is 5. The number of rotatable bonds is 4. The van der Waals surface area contributed by atoms with Gasteiger partial charge in [-0.05, 0) is 43.3 Å². The smallest absolute Gasteiger partial charge is 0.323 e. The number of anilines is 2. The van der Waals surface area contributed by atoms with Crippen molar-refractivity contribution in [3.05, 3.63) is 53.1 Å². The van der Waals surface area contributed by atoms with Crippen LogP contribution in [-0.2, 0) is 9.53 Å². The van der Waals surface area contributed by atoms with Crippen molar-refractivity contribution in [3.63, 3.8) is 0 Å². The van der Waals surface area contributed by atoms with Gasteiger partial charge in [0.05, 0.1) is 17.7 Å². The van der Waals surface area contributed by atoms with Crippen molar-refractivity contribution in [1.29, 1.82) is 0 Å². The third kappa shape index (κ3) is 7.36. The summed E-state index contributed by atoms with van der Waals surface area (Å²) in [5.74, 6) is 0.118. The molecule has 37 heavy (non-hydrogen) atoms. The highest BCUT2D eigenvalue weighted by Gasteiger charge is 2.30. The monoisotopic (exact) mass is 530 g/mol. The second kappa shape index (κ2) is 12.8. The van der Waals surface area contributed by atoms with Crippen LogP contribution in [0.15, 0.2) is 42.5 Å². The summed E-state index contributed by atoms with van der Waals surface area (Å²) >= 11 is 5.90. The predicted molar refractivity (Wildman–Crippen MR) is 144 cm³/mol. The van der Waals surface area contributed by atoms with Crippen LogP contribution in [0.25, 0.3) is 0 Å². The maximum atomic E-state index is 13.3. The molecule has 0 aromatic heterocycles. The third-order valence-corrected chi connectivity index (χ3v) is 6.68. The summed E-state index contributed by atoms with van der Waals surface area (Å²) in [5, 5.41) is 6.07. The average molecular weight is 531 g/mol. The second-order valence-electron chi connectivity index (χ2n) is 9.29. The highest BCUT2D eigenvalue weighted by molar-refractivity contribution is 6.30. The fourth-order valence-corrected chi connectivity index (χ4v) is 4.35. The molecule has 0 unspecified atom stereocenters. The zero-order chi connectivity index (χ0) is 27.1. The Kier molecular flexibility index (Phi) is 9.77. The van der Waals surface area contributed by atoms with Gasteiger partial charge in [-0.15, -0.1) is 0 Å². The van der Waals surface area contributed by atoms with E-state index in [0.717, 1.165) is 0 Å². The lowest BCUT2D eigenvalue weighted by Gasteiger charge is -2.36. The molecule has 0 saturated carbocycles. The molecule has 200 valence electrons. The van der Waals surface area contributed by atoms with E-state index in [1.807, 2.05) is 20.8 Å². The molecule has 3 atom stereocenters. The first kappa shape index (κ1) is 28.3. The Morgan fingerprint density at radius 3 is 2.38 bits per heavy atom. The minimum atomic E-state index is -0.455. The third-order valence-electron chi connectivity index (χ3n) is 6.43. The van der Waals surface area contributed by atoms with E-state index in [1.54, 1.807) is 66.4 Å². The maximum absolute atomic E-state index is 13.3. The van der Waals surface area contributed by atoms with Gasteiger partial charge in [-0.1, -0.05) is 25.4 Å². The fraction of sp³-hybridized carbons (Fsp3) is 0.444. The van der Waals surface area contributed by atoms with Gasteiger partial charge >= 0.3 is 6.03 Å². The molecule has 2 N–H and O–H groups in total. The van der Waals surface area contributed by atoms with Gasteiger partial charge in [-0.2, -0.15) is 0 Å². The van der Waals surface area contributed by atoms with Gasteiger partial charge in [0.1, 0.15) is 12.4 Å². The van der Waals surface area contributed by atoms with Crippen molar-refractivity contribution >= 4 is 40.8 Å². The number of urea groups is 1. The van der Waals surface area contributed by atoms with Gasteiger partial charge in [0.15, 0.2) is 0 Å². The molecule has 10 heteroatoms. The van der Waals surface area contributed by atoms with E-state index < -0.39 is 6.03 Å². The number of fused-ring (bicyclic) bond motifs is 1. The van der Waals surface area contributed by atoms with Gasteiger partial charge in [0.2, 0.25) is 5.91 Å². The van der Waals surface area contributed by atoms with Crippen molar-refractivity contribution in [2.24, 2.45) is 5.92 Å². The summed E-state index contributed by atoms with van der Waals surface area (Å²) in [6.07, 6.45) is 0.120. The molecular formula is C27H35ClN4O5. The lowest BCUT2D eigenvalue weighted by atomic mass is 10.0. The Morgan fingerprint density at radius 2 is 1.73 bits per heavy atom. The van der Waals surface area contributed by atoms with E-state index in [0.29, 0.717) is 47.2 Å². The Labute approximate surface area is 223 Å². The molecule has 1 aliphatic rings. The molecule has 3 rings (SSSR count). The van der Waals surface area contributed by atoms with Crippen LogP contribution in [0.5, 0.6) is 5.75 Å². The molecule has 2 aromatic rings. The second-order valence-corrected chi connectivity index (χ2v) is 9.73. The van der Waals surface area contributed by atoms with Gasteiger partial charge in [0, 0.05) is 62.0 Å². The lowest BCUT2D eigenvalue weighted by Crippen LogP contribution is -2.48. The Balaban J connectivity index is 1.88. The van der Waals surface area contributed by atoms with E-state index in [9.17, 15) is 14.4 Å². The van der Waals surface area contributed by atoms with Crippen LogP contribution < -0.4 is 15.4 Å². The number of halogens is 1. The van der Waals surface area contributed by atoms with Crippen LogP contribution in [0.2, 0.25) is 5.02 Å². The number of methoxy groups -OCH3 is 1. The number of likely N-dealkylation sites (N-methyl/N-ethyl adjacent to an activating group) is 1. The maximum Gasteiger partial charge on any atom is 0.323 e. The first-order valence-electron chi connectivity index (χ1n) is 12.3. The van der Waals surface area contributed by atoms with Crippen molar-refractivity contribution in [3.8, 4) is 5.75 Å². The summed E-state index contributed by atoms with van der Waals surface area (Å²) in [6, 6.07) is 10.9. The highest BCUT2D eigenvalue weighted by Crippen LogP contribution is 2.27. The Morgan fingerprint density at radius 1 is 1.08 bits per heavy atom. The SMILES string of the molecule is CCC(=O)N1C[C@H](C)[C@H](OC)CN(C)C(=O)c2ccc(NC(=O)Nc3ccc(Cl)cc3)cc2OC[C@H]1C. The van der Waals surface area contributed by atoms with Crippen LogP contribution in [0.4, 0.5) is 16.2 Å². The number of ether oxygens (including phenoxy) is 2. The van der Waals surface area contributed by atoms with Crippen molar-refractivity contribution in [1.82, 2.24) is 9.80 Å². The number of amides is 4. The number of carbonyl (C=O) groups is 3. The first-order chi connectivity index (χ1) is 17.6. The van der Waals surface area contributed by atoms with Crippen LogP contribution >= 0.6 is 11.6 Å². The molecule has 0 aliphatic carbocycles. The van der Waals surface area contributed by atoms with Crippen molar-refractivity contribution in [2.75, 3.05) is 44.5 Å². The molecule has 9 nitrogen and oxygen atoms in total. The molecule has 1 aliphatic heterocycles. The first-order valence-corrected chi connectivity index (χ1v) is 12.7. The molecule has 2 aromatic carbocycles. The summed E-state index contributed by atoms with van der Waals surface area (Å²) in [7, 11) is 3.32. The number of hydrogen-bond donors (Lipinski definition) is 2. The molecule has 0 spiro atoms.